The lowest BCUT2D eigenvalue weighted by atomic mass is 9.95. The van der Waals surface area contributed by atoms with Gasteiger partial charge in [-0.3, -0.25) is 0 Å². The Morgan fingerprint density at radius 1 is 0.486 bits per heavy atom. The Hall–Kier alpha value is -4.69. The number of hydrogen-bond donors (Lipinski definition) is 0. The van der Waals surface area contributed by atoms with Crippen molar-refractivity contribution in [1.82, 2.24) is 4.98 Å². The first-order valence-electron chi connectivity index (χ1n) is 11.7. The van der Waals surface area contributed by atoms with Crippen molar-refractivity contribution >= 4 is 23.3 Å². The number of rotatable bonds is 5. The monoisotopic (exact) mass is 449 g/mol. The lowest BCUT2D eigenvalue weighted by Gasteiger charge is -2.10. The smallest absolute Gasteiger partial charge is 0.227 e. The summed E-state index contributed by atoms with van der Waals surface area (Å²) in [6.07, 6.45) is 4.31. The van der Waals surface area contributed by atoms with E-state index in [1.165, 1.54) is 5.56 Å². The van der Waals surface area contributed by atoms with Crippen LogP contribution in [0.3, 0.4) is 0 Å². The van der Waals surface area contributed by atoms with Crippen molar-refractivity contribution in [3.63, 3.8) is 0 Å². The molecule has 6 rings (SSSR count). The van der Waals surface area contributed by atoms with E-state index in [0.717, 1.165) is 44.5 Å². The second kappa shape index (κ2) is 9.28. The van der Waals surface area contributed by atoms with Crippen molar-refractivity contribution in [1.29, 1.82) is 0 Å². The Morgan fingerprint density at radius 2 is 1.11 bits per heavy atom. The average Bonchev–Trinajstić information content (AvgIpc) is 3.38. The fourth-order valence-electron chi connectivity index (χ4n) is 4.45. The van der Waals surface area contributed by atoms with E-state index in [-0.39, 0.29) is 0 Å². The lowest BCUT2D eigenvalue weighted by Crippen LogP contribution is -1.88. The highest BCUT2D eigenvalue weighted by atomic mass is 16.3. The van der Waals surface area contributed by atoms with Crippen LogP contribution in [0.15, 0.2) is 132 Å². The van der Waals surface area contributed by atoms with Crippen LogP contribution in [0.25, 0.3) is 57.0 Å². The lowest BCUT2D eigenvalue weighted by molar-refractivity contribution is 0.621. The third-order valence-corrected chi connectivity index (χ3v) is 6.16. The molecule has 0 aliphatic heterocycles. The highest BCUT2D eigenvalue weighted by Crippen LogP contribution is 2.37. The average molecular weight is 450 g/mol. The number of fused-ring (bicyclic) bond motifs is 1. The summed E-state index contributed by atoms with van der Waals surface area (Å²) in [7, 11) is 0. The van der Waals surface area contributed by atoms with Gasteiger partial charge in [0, 0.05) is 11.1 Å². The second-order valence-electron chi connectivity index (χ2n) is 8.42. The van der Waals surface area contributed by atoms with Crippen LogP contribution in [-0.4, -0.2) is 4.98 Å². The van der Waals surface area contributed by atoms with Crippen LogP contribution in [-0.2, 0) is 0 Å². The van der Waals surface area contributed by atoms with E-state index >= 15 is 0 Å². The zero-order chi connectivity index (χ0) is 23.5. The molecule has 0 aliphatic carbocycles. The van der Waals surface area contributed by atoms with Crippen molar-refractivity contribution in [2.75, 3.05) is 0 Å². The van der Waals surface area contributed by atoms with E-state index in [2.05, 4.69) is 97.1 Å². The SMILES string of the molecule is C(=C\c1ccccc1-c1ccccc1-c1nc2cccc(-c3ccccc3)c2o1)/c1ccccc1. The van der Waals surface area contributed by atoms with Gasteiger partial charge in [-0.15, -0.1) is 0 Å². The van der Waals surface area contributed by atoms with E-state index in [1.807, 2.05) is 42.5 Å². The van der Waals surface area contributed by atoms with Gasteiger partial charge in [-0.2, -0.15) is 0 Å². The maximum Gasteiger partial charge on any atom is 0.227 e. The Bertz CT molecular complexity index is 1630. The topological polar surface area (TPSA) is 26.0 Å². The van der Waals surface area contributed by atoms with Gasteiger partial charge in [0.25, 0.3) is 0 Å². The first kappa shape index (κ1) is 20.9. The maximum atomic E-state index is 6.44. The summed E-state index contributed by atoms with van der Waals surface area (Å²) in [4.78, 5) is 4.89. The largest absolute Gasteiger partial charge is 0.435 e. The van der Waals surface area contributed by atoms with Gasteiger partial charge in [-0.25, -0.2) is 4.98 Å². The van der Waals surface area contributed by atoms with Crippen molar-refractivity contribution in [2.45, 2.75) is 0 Å². The van der Waals surface area contributed by atoms with Crippen molar-refractivity contribution in [2.24, 2.45) is 0 Å². The van der Waals surface area contributed by atoms with Crippen LogP contribution in [0.5, 0.6) is 0 Å². The molecular formula is C33H23NO. The summed E-state index contributed by atoms with van der Waals surface area (Å²) in [5.74, 6) is 0.626. The van der Waals surface area contributed by atoms with Crippen LogP contribution >= 0.6 is 0 Å². The van der Waals surface area contributed by atoms with E-state index in [1.54, 1.807) is 0 Å². The molecule has 0 saturated heterocycles. The molecule has 5 aromatic carbocycles. The van der Waals surface area contributed by atoms with Gasteiger partial charge in [-0.05, 0) is 39.9 Å². The van der Waals surface area contributed by atoms with Crippen molar-refractivity contribution in [3.8, 4) is 33.7 Å². The van der Waals surface area contributed by atoms with Crippen molar-refractivity contribution in [3.05, 3.63) is 139 Å². The number of aromatic nitrogens is 1. The van der Waals surface area contributed by atoms with E-state index in [4.69, 9.17) is 9.40 Å². The predicted molar refractivity (Wildman–Crippen MR) is 146 cm³/mol. The van der Waals surface area contributed by atoms with Crippen LogP contribution in [0.4, 0.5) is 0 Å². The Balaban J connectivity index is 1.46. The van der Waals surface area contributed by atoms with E-state index in [0.29, 0.717) is 5.89 Å². The van der Waals surface area contributed by atoms with Gasteiger partial charge in [0.1, 0.15) is 5.52 Å². The first-order chi connectivity index (χ1) is 17.4. The number of benzene rings is 5. The minimum absolute atomic E-state index is 0.626. The molecule has 0 atom stereocenters. The minimum Gasteiger partial charge on any atom is -0.435 e. The highest BCUT2D eigenvalue weighted by molar-refractivity contribution is 5.93. The summed E-state index contributed by atoms with van der Waals surface area (Å²) in [5.41, 5.74) is 9.34. The maximum absolute atomic E-state index is 6.44. The van der Waals surface area contributed by atoms with Crippen LogP contribution in [0.2, 0.25) is 0 Å². The zero-order valence-electron chi connectivity index (χ0n) is 19.1. The molecule has 0 fully saturated rings. The molecule has 0 aliphatic rings. The van der Waals surface area contributed by atoms with Crippen LogP contribution < -0.4 is 0 Å². The molecule has 0 radical (unpaired) electrons. The molecule has 0 bridgehead atoms. The fourth-order valence-corrected chi connectivity index (χ4v) is 4.45. The van der Waals surface area contributed by atoms with Crippen molar-refractivity contribution < 1.29 is 4.42 Å². The van der Waals surface area contributed by atoms with Crippen LogP contribution in [0, 0.1) is 0 Å². The molecule has 6 aromatic rings. The third-order valence-electron chi connectivity index (χ3n) is 6.16. The molecule has 0 unspecified atom stereocenters. The van der Waals surface area contributed by atoms with Gasteiger partial charge in [0.15, 0.2) is 5.58 Å². The molecular weight excluding hydrogens is 426 g/mol. The Labute approximate surface area is 204 Å². The summed E-state index contributed by atoms with van der Waals surface area (Å²) in [6, 6.07) is 43.5. The van der Waals surface area contributed by atoms with Crippen LogP contribution in [0.1, 0.15) is 11.1 Å². The molecule has 166 valence electrons. The number of nitrogens with zero attached hydrogens (tertiary/aromatic N) is 1. The molecule has 0 spiro atoms. The molecule has 0 N–H and O–H groups in total. The van der Waals surface area contributed by atoms with Gasteiger partial charge >= 0.3 is 0 Å². The van der Waals surface area contributed by atoms with E-state index < -0.39 is 0 Å². The number of hydrogen-bond acceptors (Lipinski definition) is 2. The molecule has 1 aromatic heterocycles. The molecule has 1 heterocycles. The normalized spacial score (nSPS) is 11.3. The van der Waals surface area contributed by atoms with E-state index in [9.17, 15) is 0 Å². The summed E-state index contributed by atoms with van der Waals surface area (Å²) in [6.45, 7) is 0. The Morgan fingerprint density at radius 3 is 1.91 bits per heavy atom. The van der Waals surface area contributed by atoms with Gasteiger partial charge in [-0.1, -0.05) is 127 Å². The number of oxazole rings is 1. The highest BCUT2D eigenvalue weighted by Gasteiger charge is 2.17. The standard InChI is InChI=1S/C33H23NO/c1-3-12-24(13-4-1)22-23-26-16-7-8-17-27(26)29-18-9-10-19-30(29)33-34-31-21-11-20-28(32(31)35-33)25-14-5-2-6-15-25/h1-23H/b23-22+. The number of para-hydroxylation sites is 1. The molecule has 35 heavy (non-hydrogen) atoms. The molecule has 0 saturated carbocycles. The predicted octanol–water partition coefficient (Wildman–Crippen LogP) is 9.00. The van der Waals surface area contributed by atoms with Gasteiger partial charge in [0.2, 0.25) is 5.89 Å². The molecule has 2 heteroatoms. The minimum atomic E-state index is 0.626. The summed E-state index contributed by atoms with van der Waals surface area (Å²) >= 11 is 0. The van der Waals surface area contributed by atoms with Gasteiger partial charge < -0.3 is 4.42 Å². The first-order valence-corrected chi connectivity index (χ1v) is 11.7. The Kier molecular flexibility index (Phi) is 5.54. The summed E-state index contributed by atoms with van der Waals surface area (Å²) < 4.78 is 6.44. The fraction of sp³-hybridized carbons (Fsp3) is 0. The second-order valence-corrected chi connectivity index (χ2v) is 8.42. The molecule has 0 amide bonds. The quantitative estimate of drug-likeness (QED) is 0.245. The molecule has 2 nitrogen and oxygen atoms in total. The third kappa shape index (κ3) is 4.18. The zero-order valence-corrected chi connectivity index (χ0v) is 19.1. The summed E-state index contributed by atoms with van der Waals surface area (Å²) in [5, 5.41) is 0. The van der Waals surface area contributed by atoms with Gasteiger partial charge in [0.05, 0.1) is 0 Å².